The van der Waals surface area contributed by atoms with Gasteiger partial charge in [-0.2, -0.15) is 8.78 Å². The zero-order chi connectivity index (χ0) is 19.0. The van der Waals surface area contributed by atoms with Crippen LogP contribution in [0.25, 0.3) is 0 Å². The van der Waals surface area contributed by atoms with Gasteiger partial charge in [0.15, 0.2) is 11.5 Å². The highest BCUT2D eigenvalue weighted by Crippen LogP contribution is 2.78. The first kappa shape index (κ1) is 16.6. The summed E-state index contributed by atoms with van der Waals surface area (Å²) in [6, 6.07) is 7.41. The van der Waals surface area contributed by atoms with Gasteiger partial charge >= 0.3 is 5.92 Å². The SMILES string of the molecule is O=C(c1ccc(F)cc1F)C(F)(F)C12CC(c3ccc4c(c3)OCO4)(C1)C2. The molecular formula is C20H14F4O3. The van der Waals surface area contributed by atoms with Crippen molar-refractivity contribution in [3.05, 3.63) is 59.2 Å². The van der Waals surface area contributed by atoms with Crippen LogP contribution in [0.4, 0.5) is 17.6 Å². The molecule has 7 heteroatoms. The van der Waals surface area contributed by atoms with Crippen LogP contribution in [0.5, 0.6) is 11.5 Å². The minimum Gasteiger partial charge on any atom is -0.454 e. The third-order valence-corrected chi connectivity index (χ3v) is 6.14. The number of ether oxygens (including phenoxy) is 2. The molecule has 3 fully saturated rings. The van der Waals surface area contributed by atoms with E-state index in [-0.39, 0.29) is 26.1 Å². The summed E-state index contributed by atoms with van der Waals surface area (Å²) in [5.74, 6) is -6.27. The second-order valence-corrected chi connectivity index (χ2v) is 7.69. The molecule has 0 atom stereocenters. The van der Waals surface area contributed by atoms with Gasteiger partial charge in [-0.05, 0) is 54.5 Å². The van der Waals surface area contributed by atoms with Crippen LogP contribution in [0, 0.1) is 17.0 Å². The van der Waals surface area contributed by atoms with E-state index in [9.17, 15) is 22.4 Å². The Balaban J connectivity index is 1.39. The maximum absolute atomic E-state index is 14.9. The predicted molar refractivity (Wildman–Crippen MR) is 86.2 cm³/mol. The number of halogens is 4. The van der Waals surface area contributed by atoms with E-state index in [1.54, 1.807) is 12.1 Å². The second-order valence-electron chi connectivity index (χ2n) is 7.69. The number of hydrogen-bond acceptors (Lipinski definition) is 3. The zero-order valence-corrected chi connectivity index (χ0v) is 14.0. The third kappa shape index (κ3) is 2.05. The van der Waals surface area contributed by atoms with Crippen LogP contribution in [0.1, 0.15) is 35.2 Å². The fourth-order valence-electron chi connectivity index (χ4n) is 4.74. The summed E-state index contributed by atoms with van der Waals surface area (Å²) in [4.78, 5) is 12.3. The number of carbonyl (C=O) groups excluding carboxylic acids is 1. The van der Waals surface area contributed by atoms with Gasteiger partial charge in [0.2, 0.25) is 12.6 Å². The van der Waals surface area contributed by atoms with Gasteiger partial charge in [-0.25, -0.2) is 8.78 Å². The lowest BCUT2D eigenvalue weighted by Gasteiger charge is -2.72. The Kier molecular flexibility index (Phi) is 3.09. The summed E-state index contributed by atoms with van der Waals surface area (Å²) >= 11 is 0. The molecule has 1 aliphatic heterocycles. The molecule has 4 aliphatic rings. The van der Waals surface area contributed by atoms with Crippen LogP contribution in [-0.2, 0) is 5.41 Å². The van der Waals surface area contributed by atoms with Gasteiger partial charge in [-0.3, -0.25) is 4.79 Å². The molecule has 3 saturated carbocycles. The maximum atomic E-state index is 14.9. The fraction of sp³-hybridized carbons (Fsp3) is 0.350. The summed E-state index contributed by atoms with van der Waals surface area (Å²) in [5.41, 5.74) is -1.78. The van der Waals surface area contributed by atoms with Crippen molar-refractivity contribution in [1.82, 2.24) is 0 Å². The van der Waals surface area contributed by atoms with E-state index >= 15 is 0 Å². The molecule has 0 radical (unpaired) electrons. The summed E-state index contributed by atoms with van der Waals surface area (Å²) in [6.45, 7) is 0.130. The van der Waals surface area contributed by atoms with Crippen LogP contribution in [0.15, 0.2) is 36.4 Å². The van der Waals surface area contributed by atoms with Gasteiger partial charge in [0.05, 0.1) is 5.56 Å². The Morgan fingerprint density at radius 2 is 1.67 bits per heavy atom. The van der Waals surface area contributed by atoms with Gasteiger partial charge in [0.25, 0.3) is 0 Å². The molecule has 0 N–H and O–H groups in total. The van der Waals surface area contributed by atoms with E-state index in [0.717, 1.165) is 17.7 Å². The van der Waals surface area contributed by atoms with Crippen molar-refractivity contribution in [3.8, 4) is 11.5 Å². The molecule has 0 unspecified atom stereocenters. The zero-order valence-electron chi connectivity index (χ0n) is 14.0. The quantitative estimate of drug-likeness (QED) is 0.575. The number of fused-ring (bicyclic) bond motifs is 1. The van der Waals surface area contributed by atoms with Crippen molar-refractivity contribution in [3.63, 3.8) is 0 Å². The highest BCUT2D eigenvalue weighted by Gasteiger charge is 2.79. The fourth-order valence-corrected chi connectivity index (χ4v) is 4.74. The van der Waals surface area contributed by atoms with Crippen molar-refractivity contribution in [1.29, 1.82) is 0 Å². The highest BCUT2D eigenvalue weighted by atomic mass is 19.3. The van der Waals surface area contributed by atoms with Crippen molar-refractivity contribution < 1.29 is 31.8 Å². The topological polar surface area (TPSA) is 35.5 Å². The summed E-state index contributed by atoms with van der Waals surface area (Å²) in [5, 5.41) is 0. The molecule has 0 spiro atoms. The lowest BCUT2D eigenvalue weighted by molar-refractivity contribution is -0.256. The molecule has 3 aliphatic carbocycles. The van der Waals surface area contributed by atoms with Crippen LogP contribution in [-0.4, -0.2) is 18.5 Å². The monoisotopic (exact) mass is 378 g/mol. The first-order valence-electron chi connectivity index (χ1n) is 8.54. The molecule has 0 amide bonds. The standard InChI is InChI=1S/C20H14F4O3/c21-12-2-3-13(14(22)6-12)17(25)20(23,24)19-7-18(8-19,9-19)11-1-4-15-16(5-11)27-10-26-15/h1-6H,7-10H2. The lowest BCUT2D eigenvalue weighted by Crippen LogP contribution is -2.73. The molecule has 0 aromatic heterocycles. The number of ketones is 1. The summed E-state index contributed by atoms with van der Waals surface area (Å²) in [6.07, 6.45) is 0.420. The average Bonchev–Trinajstić information content (AvgIpc) is 2.99. The molecule has 2 aromatic carbocycles. The summed E-state index contributed by atoms with van der Waals surface area (Å²) < 4.78 is 67.2. The molecular weight excluding hydrogens is 364 g/mol. The molecule has 140 valence electrons. The van der Waals surface area contributed by atoms with Crippen LogP contribution in [0.3, 0.4) is 0 Å². The van der Waals surface area contributed by atoms with Gasteiger partial charge in [0, 0.05) is 11.5 Å². The van der Waals surface area contributed by atoms with Crippen LogP contribution >= 0.6 is 0 Å². The van der Waals surface area contributed by atoms with Gasteiger partial charge < -0.3 is 9.47 Å². The minimum atomic E-state index is -3.70. The number of hydrogen-bond donors (Lipinski definition) is 0. The molecule has 27 heavy (non-hydrogen) atoms. The predicted octanol–water partition coefficient (Wildman–Crippen LogP) is 4.63. The number of rotatable bonds is 4. The van der Waals surface area contributed by atoms with Gasteiger partial charge in [-0.15, -0.1) is 0 Å². The largest absolute Gasteiger partial charge is 0.454 e. The van der Waals surface area contributed by atoms with Crippen molar-refractivity contribution in [2.45, 2.75) is 30.6 Å². The Hall–Kier alpha value is -2.57. The minimum absolute atomic E-state index is 0.130. The first-order valence-corrected chi connectivity index (χ1v) is 8.54. The highest BCUT2D eigenvalue weighted by molar-refractivity contribution is 6.02. The first-order chi connectivity index (χ1) is 12.8. The maximum Gasteiger partial charge on any atom is 0.315 e. The smallest absolute Gasteiger partial charge is 0.315 e. The lowest BCUT2D eigenvalue weighted by atomic mass is 9.31. The van der Waals surface area contributed by atoms with E-state index in [4.69, 9.17) is 9.47 Å². The van der Waals surface area contributed by atoms with Crippen LogP contribution in [0.2, 0.25) is 0 Å². The van der Waals surface area contributed by atoms with E-state index in [0.29, 0.717) is 17.6 Å². The number of Topliss-reactive ketones (excluding diaryl/α,β-unsaturated/α-hetero) is 1. The van der Waals surface area contributed by atoms with Crippen LogP contribution < -0.4 is 9.47 Å². The molecule has 0 saturated heterocycles. The molecule has 1 heterocycles. The molecule has 2 bridgehead atoms. The van der Waals surface area contributed by atoms with Crippen molar-refractivity contribution in [2.24, 2.45) is 5.41 Å². The Morgan fingerprint density at radius 1 is 0.963 bits per heavy atom. The molecule has 3 nitrogen and oxygen atoms in total. The van der Waals surface area contributed by atoms with E-state index in [2.05, 4.69) is 0 Å². The van der Waals surface area contributed by atoms with E-state index in [1.165, 1.54) is 0 Å². The van der Waals surface area contributed by atoms with E-state index < -0.39 is 39.7 Å². The normalized spacial score (nSPS) is 27.7. The Bertz CT molecular complexity index is 965. The third-order valence-electron chi connectivity index (χ3n) is 6.14. The summed E-state index contributed by atoms with van der Waals surface area (Å²) in [7, 11) is 0. The van der Waals surface area contributed by atoms with Gasteiger partial charge in [-0.1, -0.05) is 6.07 Å². The van der Waals surface area contributed by atoms with E-state index in [1.807, 2.05) is 6.07 Å². The van der Waals surface area contributed by atoms with Gasteiger partial charge in [0.1, 0.15) is 11.6 Å². The number of carbonyl (C=O) groups is 1. The average molecular weight is 378 g/mol. The number of benzene rings is 2. The number of alkyl halides is 2. The molecule has 6 rings (SSSR count). The Labute approximate surface area is 151 Å². The molecule has 2 aromatic rings. The second kappa shape index (κ2) is 5.03. The van der Waals surface area contributed by atoms with Crippen molar-refractivity contribution >= 4 is 5.78 Å². The van der Waals surface area contributed by atoms with Crippen molar-refractivity contribution in [2.75, 3.05) is 6.79 Å². The Morgan fingerprint density at radius 3 is 2.37 bits per heavy atom.